The standard InChI is InChI=1S/C23H23N3O5S/c1-14(22(27)25-15-10-12-16(13-11-15)32(24,29)30)31-23(28)21-17-6-2-4-8-19(17)26-20-9-5-3-7-18(20)21/h2,4,6,8,10-14H,3,5,7,9H2,1H3,(H,25,27)(H2,24,29,30)/t14-/m0/s1. The van der Waals surface area contributed by atoms with Gasteiger partial charge in [0.2, 0.25) is 10.0 Å². The number of carbonyl (C=O) groups is 2. The molecule has 4 rings (SSSR count). The number of pyridine rings is 1. The molecule has 2 aromatic carbocycles. The molecule has 0 fully saturated rings. The first-order valence-corrected chi connectivity index (χ1v) is 11.8. The zero-order chi connectivity index (χ0) is 22.9. The van der Waals surface area contributed by atoms with E-state index in [2.05, 4.69) is 5.32 Å². The molecule has 0 spiro atoms. The number of para-hydroxylation sites is 1. The van der Waals surface area contributed by atoms with Crippen molar-refractivity contribution in [1.29, 1.82) is 0 Å². The number of nitrogens with one attached hydrogen (secondary N) is 1. The number of carbonyl (C=O) groups excluding carboxylic acids is 2. The number of esters is 1. The van der Waals surface area contributed by atoms with Gasteiger partial charge in [0.25, 0.3) is 5.91 Å². The molecule has 0 unspecified atom stereocenters. The first-order chi connectivity index (χ1) is 15.2. The number of anilines is 1. The Morgan fingerprint density at radius 2 is 1.75 bits per heavy atom. The van der Waals surface area contributed by atoms with E-state index in [-0.39, 0.29) is 4.90 Å². The van der Waals surface area contributed by atoms with Crippen LogP contribution in [0, 0.1) is 0 Å². The number of hydrogen-bond acceptors (Lipinski definition) is 6. The predicted molar refractivity (Wildman–Crippen MR) is 120 cm³/mol. The zero-order valence-corrected chi connectivity index (χ0v) is 18.3. The van der Waals surface area contributed by atoms with Crippen molar-refractivity contribution in [3.63, 3.8) is 0 Å². The monoisotopic (exact) mass is 453 g/mol. The molecule has 1 atom stereocenters. The Bertz CT molecular complexity index is 1300. The molecule has 1 aliphatic rings. The van der Waals surface area contributed by atoms with Crippen LogP contribution in [0.3, 0.4) is 0 Å². The number of fused-ring (bicyclic) bond motifs is 2. The van der Waals surface area contributed by atoms with Crippen molar-refractivity contribution in [2.75, 3.05) is 5.32 Å². The van der Waals surface area contributed by atoms with Gasteiger partial charge in [-0.3, -0.25) is 9.78 Å². The highest BCUT2D eigenvalue weighted by atomic mass is 32.2. The Morgan fingerprint density at radius 1 is 1.06 bits per heavy atom. The van der Waals surface area contributed by atoms with Gasteiger partial charge < -0.3 is 10.1 Å². The van der Waals surface area contributed by atoms with Crippen LogP contribution in [0.4, 0.5) is 5.69 Å². The van der Waals surface area contributed by atoms with Crippen molar-refractivity contribution in [3.05, 3.63) is 65.4 Å². The molecule has 0 bridgehead atoms. The lowest BCUT2D eigenvalue weighted by molar-refractivity contribution is -0.123. The van der Waals surface area contributed by atoms with Gasteiger partial charge in [-0.25, -0.2) is 18.4 Å². The summed E-state index contributed by atoms with van der Waals surface area (Å²) >= 11 is 0. The van der Waals surface area contributed by atoms with Crippen LogP contribution in [0.25, 0.3) is 10.9 Å². The number of nitrogens with two attached hydrogens (primary N) is 1. The molecular formula is C23H23N3O5S. The Balaban J connectivity index is 1.54. The van der Waals surface area contributed by atoms with Gasteiger partial charge in [0.1, 0.15) is 0 Å². The number of hydrogen-bond donors (Lipinski definition) is 2. The van der Waals surface area contributed by atoms with Gasteiger partial charge in [0.05, 0.1) is 16.0 Å². The second-order valence-electron chi connectivity index (χ2n) is 7.74. The Kier molecular flexibility index (Phi) is 5.94. The van der Waals surface area contributed by atoms with Gasteiger partial charge in [0, 0.05) is 16.8 Å². The SMILES string of the molecule is C[C@H](OC(=O)c1c2c(nc3ccccc13)CCCC2)C(=O)Nc1ccc(S(N)(=O)=O)cc1. The normalized spacial score (nSPS) is 14.4. The van der Waals surface area contributed by atoms with Gasteiger partial charge in [-0.2, -0.15) is 0 Å². The highest BCUT2D eigenvalue weighted by Crippen LogP contribution is 2.30. The first-order valence-electron chi connectivity index (χ1n) is 10.3. The van der Waals surface area contributed by atoms with E-state index in [1.807, 2.05) is 24.3 Å². The average molecular weight is 454 g/mol. The van der Waals surface area contributed by atoms with E-state index in [4.69, 9.17) is 14.9 Å². The molecule has 166 valence electrons. The van der Waals surface area contributed by atoms with Crippen molar-refractivity contribution >= 4 is 38.5 Å². The van der Waals surface area contributed by atoms with Crippen LogP contribution in [0.2, 0.25) is 0 Å². The summed E-state index contributed by atoms with van der Waals surface area (Å²) in [6.45, 7) is 1.49. The third kappa shape index (κ3) is 4.49. The van der Waals surface area contributed by atoms with Crippen LogP contribution in [-0.4, -0.2) is 31.4 Å². The summed E-state index contributed by atoms with van der Waals surface area (Å²) in [6, 6.07) is 12.8. The summed E-state index contributed by atoms with van der Waals surface area (Å²) in [5, 5.41) is 8.40. The quantitative estimate of drug-likeness (QED) is 0.572. The van der Waals surface area contributed by atoms with Gasteiger partial charge in [0.15, 0.2) is 6.10 Å². The third-order valence-corrected chi connectivity index (χ3v) is 6.41. The second kappa shape index (κ2) is 8.68. The number of aryl methyl sites for hydroxylation is 1. The highest BCUT2D eigenvalue weighted by Gasteiger charge is 2.26. The fourth-order valence-electron chi connectivity index (χ4n) is 3.85. The largest absolute Gasteiger partial charge is 0.449 e. The molecule has 0 aliphatic heterocycles. The number of ether oxygens (including phenoxy) is 1. The molecule has 0 saturated heterocycles. The molecule has 3 aromatic rings. The van der Waals surface area contributed by atoms with Crippen molar-refractivity contribution in [3.8, 4) is 0 Å². The first kappa shape index (κ1) is 21.9. The summed E-state index contributed by atoms with van der Waals surface area (Å²) in [5.74, 6) is -1.09. The maximum absolute atomic E-state index is 13.1. The van der Waals surface area contributed by atoms with Crippen LogP contribution in [0.5, 0.6) is 0 Å². The lowest BCUT2D eigenvalue weighted by atomic mass is 9.90. The number of primary sulfonamides is 1. The number of amides is 1. The topological polar surface area (TPSA) is 128 Å². The lowest BCUT2D eigenvalue weighted by Gasteiger charge is -2.21. The minimum Gasteiger partial charge on any atom is -0.449 e. The van der Waals surface area contributed by atoms with Gasteiger partial charge in [-0.05, 0) is 68.5 Å². The molecule has 8 nitrogen and oxygen atoms in total. The fraction of sp³-hybridized carbons (Fsp3) is 0.261. The summed E-state index contributed by atoms with van der Waals surface area (Å²) in [5.41, 5.74) is 3.37. The third-order valence-electron chi connectivity index (χ3n) is 5.48. The molecule has 9 heteroatoms. The minimum atomic E-state index is -3.82. The molecule has 32 heavy (non-hydrogen) atoms. The van der Waals surface area contributed by atoms with Gasteiger partial charge in [-0.15, -0.1) is 0 Å². The Labute approximate surface area is 185 Å². The van der Waals surface area contributed by atoms with E-state index in [9.17, 15) is 18.0 Å². The molecule has 1 aliphatic carbocycles. The number of rotatable bonds is 5. The summed E-state index contributed by atoms with van der Waals surface area (Å²) in [4.78, 5) is 30.4. The molecule has 1 aromatic heterocycles. The zero-order valence-electron chi connectivity index (χ0n) is 17.5. The van der Waals surface area contributed by atoms with Gasteiger partial charge in [-0.1, -0.05) is 18.2 Å². The van der Waals surface area contributed by atoms with E-state index in [0.717, 1.165) is 42.5 Å². The predicted octanol–water partition coefficient (Wildman–Crippen LogP) is 2.95. The van der Waals surface area contributed by atoms with E-state index in [1.165, 1.54) is 31.2 Å². The summed E-state index contributed by atoms with van der Waals surface area (Å²) in [7, 11) is -3.82. The van der Waals surface area contributed by atoms with Crippen molar-refractivity contribution in [1.82, 2.24) is 4.98 Å². The van der Waals surface area contributed by atoms with E-state index >= 15 is 0 Å². The minimum absolute atomic E-state index is 0.0654. The number of benzene rings is 2. The maximum atomic E-state index is 13.1. The van der Waals surface area contributed by atoms with E-state index in [1.54, 1.807) is 0 Å². The molecule has 3 N–H and O–H groups in total. The molecule has 0 radical (unpaired) electrons. The van der Waals surface area contributed by atoms with Crippen molar-refractivity contribution in [2.24, 2.45) is 5.14 Å². The van der Waals surface area contributed by atoms with Crippen LogP contribution < -0.4 is 10.5 Å². The van der Waals surface area contributed by atoms with Crippen LogP contribution in [-0.2, 0) is 32.4 Å². The number of sulfonamides is 1. The van der Waals surface area contributed by atoms with Crippen LogP contribution in [0.1, 0.15) is 41.4 Å². The number of nitrogens with zero attached hydrogens (tertiary/aromatic N) is 1. The van der Waals surface area contributed by atoms with E-state index < -0.39 is 28.0 Å². The van der Waals surface area contributed by atoms with Crippen molar-refractivity contribution in [2.45, 2.75) is 43.6 Å². The highest BCUT2D eigenvalue weighted by molar-refractivity contribution is 7.89. The number of aromatic nitrogens is 1. The summed E-state index contributed by atoms with van der Waals surface area (Å²) in [6.07, 6.45) is 2.49. The fourth-order valence-corrected chi connectivity index (χ4v) is 4.37. The molecule has 0 saturated carbocycles. The van der Waals surface area contributed by atoms with Gasteiger partial charge >= 0.3 is 5.97 Å². The smallest absolute Gasteiger partial charge is 0.339 e. The second-order valence-corrected chi connectivity index (χ2v) is 9.30. The Morgan fingerprint density at radius 3 is 2.47 bits per heavy atom. The average Bonchev–Trinajstić information content (AvgIpc) is 2.77. The Hall–Kier alpha value is -3.30. The van der Waals surface area contributed by atoms with Crippen molar-refractivity contribution < 1.29 is 22.7 Å². The molecular weight excluding hydrogens is 430 g/mol. The lowest BCUT2D eigenvalue weighted by Crippen LogP contribution is -2.30. The van der Waals surface area contributed by atoms with Crippen LogP contribution >= 0.6 is 0 Å². The van der Waals surface area contributed by atoms with E-state index in [0.29, 0.717) is 16.6 Å². The molecule has 1 heterocycles. The summed E-state index contributed by atoms with van der Waals surface area (Å²) < 4.78 is 28.2. The van der Waals surface area contributed by atoms with Crippen LogP contribution in [0.15, 0.2) is 53.4 Å². The maximum Gasteiger partial charge on any atom is 0.339 e. The molecule has 1 amide bonds.